The molecule has 4 bridgehead atoms. The van der Waals surface area contributed by atoms with E-state index in [4.69, 9.17) is 15.9 Å². The zero-order valence-electron chi connectivity index (χ0n) is 56.9. The van der Waals surface area contributed by atoms with Gasteiger partial charge in [0.2, 0.25) is 53.2 Å². The summed E-state index contributed by atoms with van der Waals surface area (Å²) in [5.41, 5.74) is 17.3. The molecule has 0 aliphatic carbocycles. The maximum Gasteiger partial charge on any atom is 0.246 e. The smallest absolute Gasteiger partial charge is 0.246 e. The van der Waals surface area contributed by atoms with Crippen molar-refractivity contribution in [1.29, 1.82) is 0 Å². The molecule has 11 rings (SSSR count). The van der Waals surface area contributed by atoms with E-state index in [0.29, 0.717) is 104 Å². The van der Waals surface area contributed by atoms with Crippen LogP contribution < -0.4 is 48.7 Å². The van der Waals surface area contributed by atoms with Gasteiger partial charge in [0, 0.05) is 113 Å². The summed E-state index contributed by atoms with van der Waals surface area (Å²) < 4.78 is 36.4. The Morgan fingerprint density at radius 2 is 1.20 bits per heavy atom. The zero-order valence-corrected chi connectivity index (χ0v) is 58.6. The number of carbonyl (C=O) groups is 9. The van der Waals surface area contributed by atoms with Gasteiger partial charge in [-0.1, -0.05) is 72.8 Å². The molecule has 23 nitrogen and oxygen atoms in total. The molecule has 9 amide bonds. The molecule has 0 spiro atoms. The van der Waals surface area contributed by atoms with Gasteiger partial charge in [0.1, 0.15) is 64.3 Å². The third kappa shape index (κ3) is 18.7. The van der Waals surface area contributed by atoms with Crippen LogP contribution in [0.1, 0.15) is 90.8 Å². The molecule has 9 aromatic rings. The predicted octanol–water partition coefficient (Wildman–Crippen LogP) is 6.96. The second kappa shape index (κ2) is 34.1. The number of fused-ring (bicyclic) bond motifs is 6. The van der Waals surface area contributed by atoms with Crippen LogP contribution in [0.3, 0.4) is 0 Å². The van der Waals surface area contributed by atoms with Gasteiger partial charge in [0.25, 0.3) is 0 Å². The first kappa shape index (κ1) is 74.0. The van der Waals surface area contributed by atoms with Gasteiger partial charge in [0.05, 0.1) is 6.54 Å². The van der Waals surface area contributed by atoms with Crippen LogP contribution in [0.2, 0.25) is 0 Å². The lowest BCUT2D eigenvalue weighted by Crippen LogP contribution is -2.62. The maximum atomic E-state index is 15.0. The first-order valence-electron chi connectivity index (χ1n) is 34.5. The van der Waals surface area contributed by atoms with Crippen molar-refractivity contribution in [1.82, 2.24) is 52.1 Å². The lowest BCUT2D eigenvalue weighted by molar-refractivity contribution is -0.147. The Bertz CT molecular complexity index is 4620. The van der Waals surface area contributed by atoms with Crippen LogP contribution in [0.15, 0.2) is 138 Å². The van der Waals surface area contributed by atoms with Crippen molar-refractivity contribution in [2.75, 3.05) is 37.7 Å². The molecule has 2 aliphatic rings. The van der Waals surface area contributed by atoms with Crippen LogP contribution in [0, 0.1) is 11.6 Å². The summed E-state index contributed by atoms with van der Waals surface area (Å²) in [5.74, 6) is -5.19. The van der Waals surface area contributed by atoms with E-state index in [-0.39, 0.29) is 82.4 Å². The number of amides is 9. The number of phenols is 1. The van der Waals surface area contributed by atoms with Crippen molar-refractivity contribution in [3.8, 4) is 5.75 Å². The number of aromatic amines is 2. The molecule has 6 aromatic carbocycles. The van der Waals surface area contributed by atoms with Gasteiger partial charge in [-0.05, 0) is 146 Å². The summed E-state index contributed by atoms with van der Waals surface area (Å²) in [6.45, 7) is 1.56. The molecule has 1 fully saturated rings. The minimum absolute atomic E-state index is 0.00931. The number of primary amides is 1. The Morgan fingerprint density at radius 3 is 1.85 bits per heavy atom. The van der Waals surface area contributed by atoms with Crippen LogP contribution in [-0.4, -0.2) is 147 Å². The van der Waals surface area contributed by atoms with E-state index in [1.165, 1.54) is 70.9 Å². The summed E-state index contributed by atoms with van der Waals surface area (Å²) in [6, 6.07) is 27.4. The number of rotatable bonds is 11. The van der Waals surface area contributed by atoms with Crippen molar-refractivity contribution in [2.24, 2.45) is 11.5 Å². The van der Waals surface area contributed by atoms with E-state index < -0.39 is 107 Å². The number of unbranched alkanes of at least 4 members (excludes halogenated alkanes) is 1. The van der Waals surface area contributed by atoms with Gasteiger partial charge in [-0.2, -0.15) is 23.5 Å². The van der Waals surface area contributed by atoms with Crippen LogP contribution in [0.25, 0.3) is 43.7 Å². The molecule has 14 N–H and O–H groups in total. The number of furan rings is 1. The Labute approximate surface area is 601 Å². The summed E-state index contributed by atoms with van der Waals surface area (Å²) in [6.07, 6.45) is 5.21. The molecule has 27 heteroatoms. The van der Waals surface area contributed by atoms with E-state index in [2.05, 4.69) is 47.2 Å². The molecule has 6 atom stereocenters. The third-order valence-corrected chi connectivity index (χ3v) is 21.1. The number of para-hydroxylation sites is 2. The van der Waals surface area contributed by atoms with Crippen molar-refractivity contribution < 1.29 is 61.5 Å². The average Bonchev–Trinajstić information content (AvgIpc) is 1.65. The monoisotopic (exact) mass is 1440 g/mol. The second-order valence-corrected chi connectivity index (χ2v) is 28.5. The minimum atomic E-state index is -1.43. The molecular weight excluding hydrogens is 1360 g/mol. The molecule has 0 saturated carbocycles. The topological polar surface area (TPSA) is 358 Å². The summed E-state index contributed by atoms with van der Waals surface area (Å²) in [4.78, 5) is 136. The fourth-order valence-electron chi connectivity index (χ4n) is 13.4. The minimum Gasteiger partial charge on any atom is -0.508 e. The number of nitrogens with one attached hydrogen (secondary N) is 9. The van der Waals surface area contributed by atoms with Gasteiger partial charge < -0.3 is 73.1 Å². The van der Waals surface area contributed by atoms with Crippen molar-refractivity contribution in [3.63, 3.8) is 0 Å². The quantitative estimate of drug-likeness (QED) is 0.0583. The Balaban J connectivity index is 0.871. The van der Waals surface area contributed by atoms with E-state index in [0.717, 1.165) is 21.9 Å². The molecular formula is C76H84F2N12O11S2. The molecule has 2 aliphatic heterocycles. The molecule has 1 saturated heterocycles. The first-order valence-corrected chi connectivity index (χ1v) is 36.8. The SMILES string of the molecule is C[C@@]12CCCN1C(=O)[C@H](Cc1ccc(O)cc1)NC(=O)CCc1cccc3c1oc1c(cccc13)CCNC(=O)[C@H](Cc1c[nH]c3ccc(F)cc13)NC(=O)[C@H](Cc1c[nH]c3ccc(F)cc13)NC(=O)CNC(=O)[C@H](CCCCN)NC(=O)CCSCc1cccc(c1)CSC[C@H](C(N)=O)NC2=O. The third-order valence-electron chi connectivity index (χ3n) is 19.0. The number of H-pyrrole nitrogens is 2. The molecule has 5 heterocycles. The van der Waals surface area contributed by atoms with Gasteiger partial charge >= 0.3 is 0 Å². The fourth-order valence-corrected chi connectivity index (χ4v) is 15.3. The van der Waals surface area contributed by atoms with E-state index >= 15 is 0 Å². The predicted molar refractivity (Wildman–Crippen MR) is 392 cm³/mol. The average molecular weight is 1440 g/mol. The highest BCUT2D eigenvalue weighted by molar-refractivity contribution is 7.98. The number of aryl methyl sites for hydroxylation is 1. The number of halogens is 2. The van der Waals surface area contributed by atoms with E-state index in [1.807, 2.05) is 60.7 Å². The van der Waals surface area contributed by atoms with Gasteiger partial charge in [-0.3, -0.25) is 43.2 Å². The largest absolute Gasteiger partial charge is 0.508 e. The standard InChI is InChI=1S/C76H84F2N12O11S2/c1-76-27-7-30-90(76)74(99)63(33-44-15-20-53(91)21-16-44)87-65(92)24-17-47-10-5-12-54-55-13-6-11-48(69(55)101-68(47)54)25-29-81-72(97)61(34-49-38-82-58-22-18-51(77)36-56(49)58)88-73(98)62(35-50-39-83-59-23-19-52(78)37-57(50)59)86-67(94)40-84-71(96)60(14-2-3-28-79)85-66(93)26-31-102-41-45-8-4-9-46(32-45)42-103-43-64(70(80)95)89-75(76)100/h4-6,8-13,15-16,18-23,32,36-39,60-64,82-83,91H,2-3,7,14,17,24-31,33-35,40-43,79H2,1H3,(H2,80,95)(H,81,97)(H,84,96)(H,85,93)(H,86,94)(H,87,92)(H,88,98)(H,89,100)/t60-,61-,62-,63-,64+,76-/m0/s1. The number of thioether (sulfide) groups is 2. The normalized spacial score (nSPS) is 21.2. The molecule has 103 heavy (non-hydrogen) atoms. The lowest BCUT2D eigenvalue weighted by Gasteiger charge is -2.37. The molecule has 3 aromatic heterocycles. The maximum absolute atomic E-state index is 15.0. The van der Waals surface area contributed by atoms with Crippen molar-refractivity contribution in [3.05, 3.63) is 184 Å². The van der Waals surface area contributed by atoms with E-state index in [1.54, 1.807) is 37.5 Å². The number of carbonyl (C=O) groups excluding carboxylic acids is 9. The number of aromatic hydroxyl groups is 1. The Morgan fingerprint density at radius 1 is 0.612 bits per heavy atom. The number of nitrogens with zero attached hydrogens (tertiary/aromatic N) is 1. The number of phenolic OH excluding ortho intramolecular Hbond substituents is 1. The van der Waals surface area contributed by atoms with Crippen LogP contribution in [-0.2, 0) is 86.8 Å². The summed E-state index contributed by atoms with van der Waals surface area (Å²) >= 11 is 2.88. The second-order valence-electron chi connectivity index (χ2n) is 26.4. The highest BCUT2D eigenvalue weighted by Gasteiger charge is 2.48. The number of nitrogens with two attached hydrogens (primary N) is 2. The zero-order chi connectivity index (χ0) is 72.7. The number of benzene rings is 6. The number of hydrogen-bond donors (Lipinski definition) is 12. The molecule has 540 valence electrons. The number of hydrogen-bond acceptors (Lipinski definition) is 14. The Hall–Kier alpha value is -10.2. The summed E-state index contributed by atoms with van der Waals surface area (Å²) in [7, 11) is 0. The Kier molecular flexibility index (Phi) is 24.5. The first-order chi connectivity index (χ1) is 49.7. The summed E-state index contributed by atoms with van der Waals surface area (Å²) in [5, 5.41) is 32.4. The fraction of sp³-hybridized carbons (Fsp3) is 0.355. The lowest BCUT2D eigenvalue weighted by atomic mass is 9.95. The van der Waals surface area contributed by atoms with Crippen LogP contribution >= 0.6 is 23.5 Å². The highest BCUT2D eigenvalue weighted by atomic mass is 32.2. The van der Waals surface area contributed by atoms with Crippen molar-refractivity contribution in [2.45, 2.75) is 131 Å². The molecule has 0 unspecified atom stereocenters. The van der Waals surface area contributed by atoms with Crippen molar-refractivity contribution >= 4 is 120 Å². The number of aromatic nitrogens is 2. The van der Waals surface area contributed by atoms with E-state index in [9.17, 15) is 57.0 Å². The van der Waals surface area contributed by atoms with Crippen LogP contribution in [0.4, 0.5) is 8.78 Å². The van der Waals surface area contributed by atoms with Gasteiger partial charge in [-0.15, -0.1) is 0 Å². The van der Waals surface area contributed by atoms with Gasteiger partial charge in [-0.25, -0.2) is 8.78 Å². The van der Waals surface area contributed by atoms with Gasteiger partial charge in [0.15, 0.2) is 0 Å². The molecule has 0 radical (unpaired) electrons. The van der Waals surface area contributed by atoms with Crippen LogP contribution in [0.5, 0.6) is 5.75 Å². The highest BCUT2D eigenvalue weighted by Crippen LogP contribution is 2.35.